The quantitative estimate of drug-likeness (QED) is 0.793. The number of likely N-dealkylation sites (tertiary alicyclic amines) is 1. The van der Waals surface area contributed by atoms with E-state index in [-0.39, 0.29) is 0 Å². The number of anilines is 1. The van der Waals surface area contributed by atoms with E-state index in [1.54, 1.807) is 0 Å². The highest BCUT2D eigenvalue weighted by molar-refractivity contribution is 5.46. The number of nitrogens with zero attached hydrogens (tertiary/aromatic N) is 1. The molecule has 2 fully saturated rings. The third-order valence-corrected chi connectivity index (χ3v) is 5.74. The highest BCUT2D eigenvalue weighted by atomic mass is 16.5. The number of aliphatic hydroxyl groups excluding tert-OH is 1. The van der Waals surface area contributed by atoms with Gasteiger partial charge >= 0.3 is 0 Å². The van der Waals surface area contributed by atoms with Crippen molar-refractivity contribution in [2.45, 2.75) is 51.6 Å². The highest BCUT2D eigenvalue weighted by Crippen LogP contribution is 2.23. The van der Waals surface area contributed by atoms with Crippen molar-refractivity contribution in [3.63, 3.8) is 0 Å². The fourth-order valence-electron chi connectivity index (χ4n) is 4.17. The number of hydrogen-bond donors (Lipinski definition) is 2. The average molecular weight is 347 g/mol. The van der Waals surface area contributed by atoms with Gasteiger partial charge in [0.2, 0.25) is 0 Å². The Morgan fingerprint density at radius 2 is 1.92 bits per heavy atom. The number of aliphatic hydroxyl groups is 1. The molecule has 1 atom stereocenters. The molecule has 0 bridgehead atoms. The van der Waals surface area contributed by atoms with E-state index in [4.69, 9.17) is 4.74 Å². The first-order valence-corrected chi connectivity index (χ1v) is 9.99. The van der Waals surface area contributed by atoms with Crippen LogP contribution in [0.2, 0.25) is 0 Å². The molecule has 0 aliphatic carbocycles. The Morgan fingerprint density at radius 1 is 1.16 bits per heavy atom. The molecular formula is C21H34N2O2. The summed E-state index contributed by atoms with van der Waals surface area (Å²) in [6.45, 7) is 7.72. The van der Waals surface area contributed by atoms with Gasteiger partial charge in [-0.3, -0.25) is 4.90 Å². The van der Waals surface area contributed by atoms with E-state index in [9.17, 15) is 5.11 Å². The van der Waals surface area contributed by atoms with Gasteiger partial charge < -0.3 is 15.2 Å². The minimum atomic E-state index is 0.345. The Labute approximate surface area is 152 Å². The van der Waals surface area contributed by atoms with E-state index in [0.29, 0.717) is 18.6 Å². The lowest BCUT2D eigenvalue weighted by Gasteiger charge is -2.31. The van der Waals surface area contributed by atoms with Crippen LogP contribution in [0.4, 0.5) is 5.69 Å². The fraction of sp³-hybridized carbons (Fsp3) is 0.714. The molecular weight excluding hydrogens is 312 g/mol. The molecule has 4 heteroatoms. The summed E-state index contributed by atoms with van der Waals surface area (Å²) in [6, 6.07) is 9.38. The van der Waals surface area contributed by atoms with Crippen LogP contribution in [0, 0.1) is 11.8 Å². The molecule has 140 valence electrons. The Bertz CT molecular complexity index is 508. The van der Waals surface area contributed by atoms with Crippen molar-refractivity contribution in [1.29, 1.82) is 0 Å². The monoisotopic (exact) mass is 346 g/mol. The first-order valence-electron chi connectivity index (χ1n) is 9.99. The maximum absolute atomic E-state index is 9.27. The van der Waals surface area contributed by atoms with Crippen LogP contribution in [0.3, 0.4) is 0 Å². The molecule has 4 nitrogen and oxygen atoms in total. The summed E-state index contributed by atoms with van der Waals surface area (Å²) in [4.78, 5) is 2.51. The van der Waals surface area contributed by atoms with Gasteiger partial charge in [0.15, 0.2) is 0 Å². The molecule has 25 heavy (non-hydrogen) atoms. The van der Waals surface area contributed by atoms with Gasteiger partial charge in [-0.25, -0.2) is 0 Å². The Balaban J connectivity index is 1.47. The highest BCUT2D eigenvalue weighted by Gasteiger charge is 2.19. The summed E-state index contributed by atoms with van der Waals surface area (Å²) in [5.41, 5.74) is 2.62. The Morgan fingerprint density at radius 3 is 2.64 bits per heavy atom. The molecule has 2 saturated heterocycles. The van der Waals surface area contributed by atoms with Crippen LogP contribution in [-0.2, 0) is 11.3 Å². The largest absolute Gasteiger partial charge is 0.396 e. The molecule has 0 radical (unpaired) electrons. The van der Waals surface area contributed by atoms with Gasteiger partial charge in [0.25, 0.3) is 0 Å². The zero-order valence-corrected chi connectivity index (χ0v) is 15.6. The van der Waals surface area contributed by atoms with Crippen LogP contribution in [-0.4, -0.2) is 49.0 Å². The number of ether oxygens (including phenoxy) is 1. The predicted octanol–water partition coefficient (Wildman–Crippen LogP) is 3.51. The molecule has 1 unspecified atom stereocenters. The van der Waals surface area contributed by atoms with Crippen molar-refractivity contribution in [1.82, 2.24) is 4.90 Å². The molecule has 0 amide bonds. The zero-order valence-electron chi connectivity index (χ0n) is 15.6. The zero-order chi connectivity index (χ0) is 17.5. The number of hydrogen-bond acceptors (Lipinski definition) is 4. The summed E-state index contributed by atoms with van der Waals surface area (Å²) >= 11 is 0. The van der Waals surface area contributed by atoms with Crippen LogP contribution in [0.5, 0.6) is 0 Å². The van der Waals surface area contributed by atoms with Gasteiger partial charge in [0, 0.05) is 38.1 Å². The van der Waals surface area contributed by atoms with Crippen LogP contribution in [0.1, 0.15) is 44.6 Å². The van der Waals surface area contributed by atoms with Gasteiger partial charge in [0.1, 0.15) is 0 Å². The topological polar surface area (TPSA) is 44.7 Å². The van der Waals surface area contributed by atoms with Crippen molar-refractivity contribution in [3.05, 3.63) is 29.8 Å². The summed E-state index contributed by atoms with van der Waals surface area (Å²) in [5.74, 6) is 1.31. The molecule has 1 aromatic carbocycles. The van der Waals surface area contributed by atoms with E-state index >= 15 is 0 Å². The van der Waals surface area contributed by atoms with Gasteiger partial charge in [-0.1, -0.05) is 12.1 Å². The first kappa shape index (κ1) is 18.7. The van der Waals surface area contributed by atoms with Crippen molar-refractivity contribution in [3.8, 4) is 0 Å². The summed E-state index contributed by atoms with van der Waals surface area (Å²) in [6.07, 6.45) is 5.88. The molecule has 0 aromatic heterocycles. The van der Waals surface area contributed by atoms with Crippen LogP contribution < -0.4 is 5.32 Å². The molecule has 2 aliphatic heterocycles. The molecule has 1 aromatic rings. The summed E-state index contributed by atoms with van der Waals surface area (Å²) in [5, 5.41) is 13.0. The van der Waals surface area contributed by atoms with Gasteiger partial charge in [-0.2, -0.15) is 0 Å². The number of piperidine rings is 1. The second kappa shape index (κ2) is 9.56. The van der Waals surface area contributed by atoms with Gasteiger partial charge in [0.05, 0.1) is 0 Å². The van der Waals surface area contributed by atoms with Gasteiger partial charge in [-0.05, 0) is 81.6 Å². The van der Waals surface area contributed by atoms with Crippen LogP contribution in [0.15, 0.2) is 24.3 Å². The SMILES string of the molecule is CC(CC1CCOCC1)Nc1cccc(CN2CCC(CO)CC2)c1. The third-order valence-electron chi connectivity index (χ3n) is 5.74. The third kappa shape index (κ3) is 5.98. The normalized spacial score (nSPS) is 22.0. The van der Waals surface area contributed by atoms with E-state index in [2.05, 4.69) is 41.4 Å². The predicted molar refractivity (Wildman–Crippen MR) is 103 cm³/mol. The van der Waals surface area contributed by atoms with Crippen molar-refractivity contribution in [2.75, 3.05) is 38.2 Å². The smallest absolute Gasteiger partial charge is 0.0468 e. The lowest BCUT2D eigenvalue weighted by atomic mass is 9.93. The maximum atomic E-state index is 9.27. The second-order valence-corrected chi connectivity index (χ2v) is 7.94. The summed E-state index contributed by atoms with van der Waals surface area (Å²) in [7, 11) is 0. The standard InChI is InChI=1S/C21H34N2O2/c1-17(13-18-7-11-25-12-8-18)22-21-4-2-3-20(14-21)15-23-9-5-19(16-24)6-10-23/h2-4,14,17-19,22,24H,5-13,15-16H2,1H3. The van der Waals surface area contributed by atoms with Crippen LogP contribution >= 0.6 is 0 Å². The molecule has 0 spiro atoms. The van der Waals surface area contributed by atoms with E-state index < -0.39 is 0 Å². The number of rotatable bonds is 7. The van der Waals surface area contributed by atoms with E-state index in [1.165, 1.54) is 30.5 Å². The second-order valence-electron chi connectivity index (χ2n) is 7.94. The lowest BCUT2D eigenvalue weighted by Crippen LogP contribution is -2.34. The van der Waals surface area contributed by atoms with Crippen molar-refractivity contribution >= 4 is 5.69 Å². The van der Waals surface area contributed by atoms with E-state index in [0.717, 1.165) is 51.6 Å². The van der Waals surface area contributed by atoms with Crippen molar-refractivity contribution in [2.24, 2.45) is 11.8 Å². The Kier molecular flexibility index (Phi) is 7.14. The minimum Gasteiger partial charge on any atom is -0.396 e. The Hall–Kier alpha value is -1.10. The molecule has 3 rings (SSSR count). The lowest BCUT2D eigenvalue weighted by molar-refractivity contribution is 0.0629. The van der Waals surface area contributed by atoms with Crippen molar-refractivity contribution < 1.29 is 9.84 Å². The fourth-order valence-corrected chi connectivity index (χ4v) is 4.17. The van der Waals surface area contributed by atoms with Crippen LogP contribution in [0.25, 0.3) is 0 Å². The number of benzene rings is 1. The van der Waals surface area contributed by atoms with Gasteiger partial charge in [-0.15, -0.1) is 0 Å². The number of nitrogens with one attached hydrogen (secondary N) is 1. The minimum absolute atomic E-state index is 0.345. The molecule has 2 N–H and O–H groups in total. The van der Waals surface area contributed by atoms with E-state index in [1.807, 2.05) is 0 Å². The first-order chi connectivity index (χ1) is 12.2. The summed E-state index contributed by atoms with van der Waals surface area (Å²) < 4.78 is 5.46. The molecule has 0 saturated carbocycles. The molecule has 2 heterocycles. The molecule has 2 aliphatic rings. The maximum Gasteiger partial charge on any atom is 0.0468 e. The average Bonchev–Trinajstić information content (AvgIpc) is 2.63.